The van der Waals surface area contributed by atoms with Gasteiger partial charge >= 0.3 is 0 Å². The van der Waals surface area contributed by atoms with E-state index in [2.05, 4.69) is 45.8 Å². The second-order valence-corrected chi connectivity index (χ2v) is 12.3. The number of amides is 1. The van der Waals surface area contributed by atoms with E-state index in [4.69, 9.17) is 4.98 Å². The molecule has 3 aromatic carbocycles. The number of anilines is 2. The molecule has 2 N–H and O–H groups in total. The highest BCUT2D eigenvalue weighted by atomic mass is 35.5. The zero-order chi connectivity index (χ0) is 27.6. The van der Waals surface area contributed by atoms with Crippen LogP contribution in [0, 0.1) is 19.7 Å². The average molecular weight is 604 g/mol. The molecule has 5 rings (SSSR count). The van der Waals surface area contributed by atoms with Crippen molar-refractivity contribution < 1.29 is 17.6 Å². The summed E-state index contributed by atoms with van der Waals surface area (Å²) in [5.74, 6) is -0.900. The first-order chi connectivity index (χ1) is 18.7. The van der Waals surface area contributed by atoms with Gasteiger partial charge in [-0.3, -0.25) is 14.4 Å². The Morgan fingerprint density at radius 2 is 1.73 bits per heavy atom. The second kappa shape index (κ2) is 12.5. The van der Waals surface area contributed by atoms with Gasteiger partial charge in [0, 0.05) is 39.3 Å². The molecule has 12 heteroatoms. The lowest BCUT2D eigenvalue weighted by Gasteiger charge is -2.34. The fraction of sp³-hybridized carbons (Fsp3) is 0.286. The SMILES string of the molecule is Cc1cc(C)c2sc(N3CCN(CCNC(=O)c4ccccc4NS(=O)(=O)c4ccc(F)cc4)CC3)nc2c1.Cl. The van der Waals surface area contributed by atoms with Crippen LogP contribution in [0.15, 0.2) is 65.6 Å². The molecular formula is C28H31ClFN5O3S2. The summed E-state index contributed by atoms with van der Waals surface area (Å²) < 4.78 is 42.4. The Labute approximate surface area is 243 Å². The highest BCUT2D eigenvalue weighted by Gasteiger charge is 2.22. The van der Waals surface area contributed by atoms with Crippen LogP contribution in [0.5, 0.6) is 0 Å². The van der Waals surface area contributed by atoms with Gasteiger partial charge in [0.2, 0.25) is 0 Å². The molecule has 0 bridgehead atoms. The van der Waals surface area contributed by atoms with Crippen molar-refractivity contribution in [3.05, 3.63) is 83.2 Å². The first kappa shape index (κ1) is 29.7. The van der Waals surface area contributed by atoms with Gasteiger partial charge in [-0.2, -0.15) is 0 Å². The van der Waals surface area contributed by atoms with E-state index in [0.29, 0.717) is 13.1 Å². The maximum atomic E-state index is 13.2. The Balaban J connectivity index is 0.00000370. The number of para-hydroxylation sites is 1. The molecule has 212 valence electrons. The number of halogens is 2. The van der Waals surface area contributed by atoms with Crippen LogP contribution in [0.25, 0.3) is 10.2 Å². The number of piperazine rings is 1. The Bertz CT molecular complexity index is 1600. The van der Waals surface area contributed by atoms with Gasteiger partial charge in [0.05, 0.1) is 26.4 Å². The third-order valence-electron chi connectivity index (χ3n) is 6.71. The van der Waals surface area contributed by atoms with Crippen LogP contribution in [0.4, 0.5) is 15.2 Å². The highest BCUT2D eigenvalue weighted by molar-refractivity contribution is 7.92. The number of carbonyl (C=O) groups excluding carboxylic acids is 1. The van der Waals surface area contributed by atoms with Gasteiger partial charge in [-0.25, -0.2) is 17.8 Å². The fourth-order valence-corrected chi connectivity index (χ4v) is 6.82. The lowest BCUT2D eigenvalue weighted by atomic mass is 10.1. The normalized spacial score (nSPS) is 14.1. The molecule has 0 unspecified atom stereocenters. The van der Waals surface area contributed by atoms with Gasteiger partial charge in [-0.1, -0.05) is 29.5 Å². The summed E-state index contributed by atoms with van der Waals surface area (Å²) in [4.78, 5) is 22.3. The van der Waals surface area contributed by atoms with E-state index >= 15 is 0 Å². The molecule has 40 heavy (non-hydrogen) atoms. The second-order valence-electron chi connectivity index (χ2n) is 9.62. The monoisotopic (exact) mass is 603 g/mol. The molecule has 2 heterocycles. The van der Waals surface area contributed by atoms with Crippen molar-refractivity contribution in [3.63, 3.8) is 0 Å². The maximum Gasteiger partial charge on any atom is 0.261 e. The number of benzene rings is 3. The number of nitrogens with one attached hydrogen (secondary N) is 2. The molecule has 1 fully saturated rings. The number of aromatic nitrogens is 1. The van der Waals surface area contributed by atoms with E-state index in [1.807, 2.05) is 0 Å². The Hall–Kier alpha value is -3.25. The minimum Gasteiger partial charge on any atom is -0.351 e. The Morgan fingerprint density at radius 1 is 1.02 bits per heavy atom. The lowest BCUT2D eigenvalue weighted by Crippen LogP contribution is -2.48. The van der Waals surface area contributed by atoms with Gasteiger partial charge < -0.3 is 10.2 Å². The lowest BCUT2D eigenvalue weighted by molar-refractivity contribution is 0.0948. The van der Waals surface area contributed by atoms with Crippen molar-refractivity contribution >= 4 is 60.7 Å². The molecule has 0 saturated carbocycles. The van der Waals surface area contributed by atoms with Crippen molar-refractivity contribution in [2.45, 2.75) is 18.7 Å². The number of aryl methyl sites for hydroxylation is 2. The van der Waals surface area contributed by atoms with Crippen LogP contribution in [-0.4, -0.2) is 63.5 Å². The minimum atomic E-state index is -3.98. The predicted octanol–water partition coefficient (Wildman–Crippen LogP) is 4.83. The van der Waals surface area contributed by atoms with E-state index in [9.17, 15) is 17.6 Å². The van der Waals surface area contributed by atoms with Crippen LogP contribution in [0.2, 0.25) is 0 Å². The number of thiazole rings is 1. The fourth-order valence-electron chi connectivity index (χ4n) is 4.67. The van der Waals surface area contributed by atoms with Gasteiger partial charge in [-0.15, -0.1) is 12.4 Å². The molecule has 1 saturated heterocycles. The van der Waals surface area contributed by atoms with E-state index in [-0.39, 0.29) is 34.5 Å². The van der Waals surface area contributed by atoms with E-state index in [1.165, 1.54) is 34.0 Å². The third-order valence-corrected chi connectivity index (χ3v) is 9.35. The summed E-state index contributed by atoms with van der Waals surface area (Å²) in [5.41, 5.74) is 3.91. The molecular weight excluding hydrogens is 573 g/mol. The number of nitrogens with zero attached hydrogens (tertiary/aromatic N) is 3. The van der Waals surface area contributed by atoms with Gasteiger partial charge in [-0.05, 0) is 67.4 Å². The maximum absolute atomic E-state index is 13.2. The van der Waals surface area contributed by atoms with Crippen LogP contribution < -0.4 is 14.9 Å². The van der Waals surface area contributed by atoms with E-state index in [0.717, 1.165) is 49.0 Å². The van der Waals surface area contributed by atoms with Crippen molar-refractivity contribution in [3.8, 4) is 0 Å². The molecule has 0 radical (unpaired) electrons. The highest BCUT2D eigenvalue weighted by Crippen LogP contribution is 2.32. The molecule has 1 aromatic heterocycles. The van der Waals surface area contributed by atoms with Gasteiger partial charge in [0.25, 0.3) is 15.9 Å². The number of fused-ring (bicyclic) bond motifs is 1. The summed E-state index contributed by atoms with van der Waals surface area (Å²) in [5, 5.41) is 3.95. The molecule has 4 aromatic rings. The van der Waals surface area contributed by atoms with Crippen LogP contribution in [0.1, 0.15) is 21.5 Å². The largest absolute Gasteiger partial charge is 0.351 e. The van der Waals surface area contributed by atoms with E-state index in [1.54, 1.807) is 29.5 Å². The summed E-state index contributed by atoms with van der Waals surface area (Å²) in [6, 6.07) is 15.3. The molecule has 1 amide bonds. The molecule has 0 spiro atoms. The number of hydrogen-bond donors (Lipinski definition) is 2. The topological polar surface area (TPSA) is 94.6 Å². The van der Waals surface area contributed by atoms with Crippen molar-refractivity contribution in [1.29, 1.82) is 0 Å². The van der Waals surface area contributed by atoms with Gasteiger partial charge in [0.1, 0.15) is 5.82 Å². The average Bonchev–Trinajstić information content (AvgIpc) is 3.34. The van der Waals surface area contributed by atoms with Crippen LogP contribution in [0.3, 0.4) is 0 Å². The predicted molar refractivity (Wildman–Crippen MR) is 161 cm³/mol. The first-order valence-electron chi connectivity index (χ1n) is 12.7. The summed E-state index contributed by atoms with van der Waals surface area (Å²) in [6.45, 7) is 8.77. The van der Waals surface area contributed by atoms with Gasteiger partial charge in [0.15, 0.2) is 5.13 Å². The molecule has 0 aliphatic carbocycles. The quantitative estimate of drug-likeness (QED) is 0.300. The zero-order valence-electron chi connectivity index (χ0n) is 22.2. The first-order valence-corrected chi connectivity index (χ1v) is 15.0. The number of rotatable bonds is 8. The number of sulfonamides is 1. The zero-order valence-corrected chi connectivity index (χ0v) is 24.6. The van der Waals surface area contributed by atoms with Crippen LogP contribution in [-0.2, 0) is 10.0 Å². The third kappa shape index (κ3) is 6.72. The summed E-state index contributed by atoms with van der Waals surface area (Å²) in [6.07, 6.45) is 0. The van der Waals surface area contributed by atoms with E-state index < -0.39 is 15.8 Å². The van der Waals surface area contributed by atoms with Crippen molar-refractivity contribution in [1.82, 2.24) is 15.2 Å². The molecule has 8 nitrogen and oxygen atoms in total. The molecule has 1 aliphatic rings. The van der Waals surface area contributed by atoms with Crippen LogP contribution >= 0.6 is 23.7 Å². The Morgan fingerprint density at radius 3 is 2.45 bits per heavy atom. The number of hydrogen-bond acceptors (Lipinski definition) is 7. The Kier molecular flexibility index (Phi) is 9.29. The molecule has 0 atom stereocenters. The molecule has 1 aliphatic heterocycles. The van der Waals surface area contributed by atoms with Crippen molar-refractivity contribution in [2.75, 3.05) is 48.9 Å². The summed E-state index contributed by atoms with van der Waals surface area (Å²) in [7, 11) is -3.98. The number of carbonyl (C=O) groups is 1. The minimum absolute atomic E-state index is 0. The van der Waals surface area contributed by atoms with Crippen molar-refractivity contribution in [2.24, 2.45) is 0 Å². The summed E-state index contributed by atoms with van der Waals surface area (Å²) >= 11 is 1.74. The smallest absolute Gasteiger partial charge is 0.261 e. The standard InChI is InChI=1S/C28H30FN5O3S2.ClH/c1-19-17-20(2)26-25(18-19)31-28(38-26)34-15-13-33(14-16-34)12-11-30-27(35)23-5-3-4-6-24(23)32-39(36,37)22-9-7-21(29)8-10-22;/h3-10,17-18,32H,11-16H2,1-2H3,(H,30,35);1H.